The summed E-state index contributed by atoms with van der Waals surface area (Å²) in [6.45, 7) is 7.11. The highest BCUT2D eigenvalue weighted by Gasteiger charge is 2.28. The number of hydrogen-bond acceptors (Lipinski definition) is 4. The van der Waals surface area contributed by atoms with E-state index in [0.29, 0.717) is 31.6 Å². The first-order valence-corrected chi connectivity index (χ1v) is 14.7. The third kappa shape index (κ3) is 8.97. The van der Waals surface area contributed by atoms with Crippen LogP contribution in [0.25, 0.3) is 0 Å². The number of amides is 2. The highest BCUT2D eigenvalue weighted by molar-refractivity contribution is 7.92. The second kappa shape index (κ2) is 14.6. The van der Waals surface area contributed by atoms with Crippen LogP contribution in [-0.2, 0) is 32.6 Å². The van der Waals surface area contributed by atoms with Gasteiger partial charge in [0, 0.05) is 26.1 Å². The zero-order valence-electron chi connectivity index (χ0n) is 22.1. The lowest BCUT2D eigenvalue weighted by molar-refractivity contribution is -0.141. The van der Waals surface area contributed by atoms with E-state index in [-0.39, 0.29) is 24.8 Å². The average Bonchev–Trinajstić information content (AvgIpc) is 2.86. The van der Waals surface area contributed by atoms with Crippen LogP contribution in [0.5, 0.6) is 0 Å². The van der Waals surface area contributed by atoms with Crippen molar-refractivity contribution >= 4 is 27.5 Å². The Morgan fingerprint density at radius 1 is 0.917 bits per heavy atom. The smallest absolute Gasteiger partial charge is 0.242 e. The molecule has 2 amide bonds. The van der Waals surface area contributed by atoms with E-state index >= 15 is 0 Å². The van der Waals surface area contributed by atoms with Gasteiger partial charge in [0.25, 0.3) is 0 Å². The zero-order valence-corrected chi connectivity index (χ0v) is 22.9. The van der Waals surface area contributed by atoms with Crippen molar-refractivity contribution in [2.24, 2.45) is 0 Å². The first-order chi connectivity index (χ1) is 17.2. The summed E-state index contributed by atoms with van der Waals surface area (Å²) < 4.78 is 26.3. The summed E-state index contributed by atoms with van der Waals surface area (Å²) in [4.78, 5) is 28.0. The Balaban J connectivity index is 2.15. The topological polar surface area (TPSA) is 86.8 Å². The number of anilines is 1. The molecule has 1 atom stereocenters. The van der Waals surface area contributed by atoms with Gasteiger partial charge in [0.1, 0.15) is 6.04 Å². The van der Waals surface area contributed by atoms with Gasteiger partial charge in [-0.25, -0.2) is 8.42 Å². The van der Waals surface area contributed by atoms with Crippen molar-refractivity contribution in [2.75, 3.05) is 23.7 Å². The van der Waals surface area contributed by atoms with Gasteiger partial charge in [-0.2, -0.15) is 0 Å². The molecule has 0 aliphatic heterocycles. The number of carbonyl (C=O) groups is 2. The number of nitrogens with zero attached hydrogens (tertiary/aromatic N) is 2. The van der Waals surface area contributed by atoms with Crippen LogP contribution < -0.4 is 9.62 Å². The Morgan fingerprint density at radius 2 is 1.58 bits per heavy atom. The van der Waals surface area contributed by atoms with Crippen molar-refractivity contribution in [3.05, 3.63) is 65.7 Å². The van der Waals surface area contributed by atoms with E-state index in [1.165, 1.54) is 10.6 Å². The number of carbonyl (C=O) groups excluding carboxylic acids is 2. The van der Waals surface area contributed by atoms with Gasteiger partial charge in [-0.1, -0.05) is 69.7 Å². The van der Waals surface area contributed by atoms with Gasteiger partial charge in [0.15, 0.2) is 0 Å². The van der Waals surface area contributed by atoms with Crippen LogP contribution in [-0.4, -0.2) is 50.5 Å². The van der Waals surface area contributed by atoms with Gasteiger partial charge in [0.2, 0.25) is 21.8 Å². The summed E-state index contributed by atoms with van der Waals surface area (Å²) >= 11 is 0. The minimum atomic E-state index is -3.51. The van der Waals surface area contributed by atoms with Gasteiger partial charge in [-0.05, 0) is 48.9 Å². The maximum absolute atomic E-state index is 13.4. The average molecular weight is 516 g/mol. The number of sulfonamides is 1. The number of hydrogen-bond donors (Lipinski definition) is 1. The van der Waals surface area contributed by atoms with E-state index in [2.05, 4.69) is 12.2 Å². The maximum atomic E-state index is 13.4. The molecule has 0 aliphatic rings. The lowest BCUT2D eigenvalue weighted by atomic mass is 10.1. The van der Waals surface area contributed by atoms with Crippen LogP contribution in [0.3, 0.4) is 0 Å². The summed E-state index contributed by atoms with van der Waals surface area (Å²) in [5.41, 5.74) is 2.66. The molecule has 0 aliphatic carbocycles. The second-order valence-electron chi connectivity index (χ2n) is 9.03. The molecule has 198 valence electrons. The Labute approximate surface area is 216 Å². The van der Waals surface area contributed by atoms with E-state index in [1.807, 2.05) is 56.3 Å². The molecule has 0 unspecified atom stereocenters. The summed E-state index contributed by atoms with van der Waals surface area (Å²) in [7, 11) is -3.51. The van der Waals surface area contributed by atoms with E-state index in [1.54, 1.807) is 17.0 Å². The van der Waals surface area contributed by atoms with Crippen LogP contribution in [0.15, 0.2) is 54.6 Å². The first-order valence-electron chi connectivity index (χ1n) is 12.9. The Kier molecular flexibility index (Phi) is 11.9. The minimum absolute atomic E-state index is 0.143. The molecule has 8 heteroatoms. The van der Waals surface area contributed by atoms with Gasteiger partial charge in [-0.15, -0.1) is 0 Å². The molecule has 0 aromatic heterocycles. The van der Waals surface area contributed by atoms with Crippen molar-refractivity contribution < 1.29 is 18.0 Å². The fourth-order valence-corrected chi connectivity index (χ4v) is 5.07. The standard InChI is InChI=1S/C28H41N3O4S/c1-5-8-20-29-28(33)26(7-3)30(22-24-13-10-9-11-14-24)27(32)15-12-21-31(36(4,34)35)25-18-16-23(6-2)17-19-25/h9-11,13-14,16-19,26H,5-8,12,15,20-22H2,1-4H3,(H,29,33)/t26-/m1/s1. The summed E-state index contributed by atoms with van der Waals surface area (Å²) in [5, 5.41) is 2.96. The Bertz CT molecular complexity index is 1060. The molecule has 0 bridgehead atoms. The normalized spacial score (nSPS) is 12.1. The predicted molar refractivity (Wildman–Crippen MR) is 146 cm³/mol. The van der Waals surface area contributed by atoms with Crippen LogP contribution in [0.1, 0.15) is 64.0 Å². The molecule has 0 spiro atoms. The van der Waals surface area contributed by atoms with Crippen LogP contribution in [0.4, 0.5) is 5.69 Å². The van der Waals surface area contributed by atoms with Crippen LogP contribution in [0, 0.1) is 0 Å². The largest absolute Gasteiger partial charge is 0.354 e. The van der Waals surface area contributed by atoms with Gasteiger partial charge >= 0.3 is 0 Å². The van der Waals surface area contributed by atoms with E-state index < -0.39 is 16.1 Å². The van der Waals surface area contributed by atoms with E-state index in [9.17, 15) is 18.0 Å². The molecule has 0 fully saturated rings. The first kappa shape index (κ1) is 29.4. The van der Waals surface area contributed by atoms with Crippen molar-refractivity contribution in [3.8, 4) is 0 Å². The quantitative estimate of drug-likeness (QED) is 0.353. The molecule has 0 heterocycles. The number of benzene rings is 2. The molecule has 0 saturated carbocycles. The van der Waals surface area contributed by atoms with Crippen LogP contribution in [0.2, 0.25) is 0 Å². The van der Waals surface area contributed by atoms with Crippen LogP contribution >= 0.6 is 0 Å². The maximum Gasteiger partial charge on any atom is 0.242 e. The molecule has 0 radical (unpaired) electrons. The number of aryl methyl sites for hydroxylation is 1. The lowest BCUT2D eigenvalue weighted by Crippen LogP contribution is -2.49. The fourth-order valence-electron chi connectivity index (χ4n) is 4.11. The minimum Gasteiger partial charge on any atom is -0.354 e. The highest BCUT2D eigenvalue weighted by Crippen LogP contribution is 2.20. The SMILES string of the molecule is CCCCNC(=O)[C@@H](CC)N(Cc1ccccc1)C(=O)CCCN(c1ccc(CC)cc1)S(C)(=O)=O. The lowest BCUT2D eigenvalue weighted by Gasteiger charge is -2.31. The molecule has 7 nitrogen and oxygen atoms in total. The fraction of sp³-hybridized carbons (Fsp3) is 0.500. The van der Waals surface area contributed by atoms with Gasteiger partial charge in [-0.3, -0.25) is 13.9 Å². The molecular weight excluding hydrogens is 474 g/mol. The van der Waals surface area contributed by atoms with Gasteiger partial charge in [0.05, 0.1) is 11.9 Å². The van der Waals surface area contributed by atoms with Crippen molar-refractivity contribution in [3.63, 3.8) is 0 Å². The zero-order chi connectivity index (χ0) is 26.6. The Hall–Kier alpha value is -2.87. The van der Waals surface area contributed by atoms with Crippen molar-refractivity contribution in [1.29, 1.82) is 0 Å². The summed E-state index contributed by atoms with van der Waals surface area (Å²) in [5.74, 6) is -0.310. The molecule has 2 aromatic carbocycles. The molecule has 2 rings (SSSR count). The molecule has 0 saturated heterocycles. The van der Waals surface area contributed by atoms with Crippen molar-refractivity contribution in [2.45, 2.75) is 71.9 Å². The third-order valence-electron chi connectivity index (χ3n) is 6.20. The number of rotatable bonds is 15. The van der Waals surface area contributed by atoms with Gasteiger partial charge < -0.3 is 10.2 Å². The monoisotopic (exact) mass is 515 g/mol. The summed E-state index contributed by atoms with van der Waals surface area (Å²) in [6.07, 6.45) is 4.89. The predicted octanol–water partition coefficient (Wildman–Crippen LogP) is 4.52. The highest BCUT2D eigenvalue weighted by atomic mass is 32.2. The second-order valence-corrected chi connectivity index (χ2v) is 10.9. The Morgan fingerprint density at radius 3 is 2.14 bits per heavy atom. The number of unbranched alkanes of at least 4 members (excludes halogenated alkanes) is 1. The van der Waals surface area contributed by atoms with E-state index in [4.69, 9.17) is 0 Å². The van der Waals surface area contributed by atoms with Crippen molar-refractivity contribution in [1.82, 2.24) is 10.2 Å². The molecular formula is C28H41N3O4S. The summed E-state index contributed by atoms with van der Waals surface area (Å²) in [6, 6.07) is 16.5. The number of nitrogens with one attached hydrogen (secondary N) is 1. The molecule has 36 heavy (non-hydrogen) atoms. The molecule has 1 N–H and O–H groups in total. The third-order valence-corrected chi connectivity index (χ3v) is 7.39. The molecule has 2 aromatic rings. The van der Waals surface area contributed by atoms with E-state index in [0.717, 1.165) is 30.4 Å².